The van der Waals surface area contributed by atoms with Gasteiger partial charge >= 0.3 is 0 Å². The molecule has 0 heterocycles. The average molecular weight is 798 g/mol. The number of carbonyl (C=O) groups is 1. The quantitative estimate of drug-likeness (QED) is 0.0424. The fourth-order valence-electron chi connectivity index (χ4n) is 7.66. The SMILES string of the molecule is CCCCCCC/C=C\C/C=C\C/C=C\CCCCCCCCCCCCC(=O)NC(CO)C(O)/C=C/CCCCCCCCCCCCCCCCCCCC. The Morgan fingerprint density at radius 1 is 0.421 bits per heavy atom. The van der Waals surface area contributed by atoms with Gasteiger partial charge in [-0.3, -0.25) is 4.79 Å². The lowest BCUT2D eigenvalue weighted by Crippen LogP contribution is -2.45. The van der Waals surface area contributed by atoms with Crippen LogP contribution in [0.25, 0.3) is 0 Å². The maximum atomic E-state index is 12.4. The maximum Gasteiger partial charge on any atom is 0.220 e. The average Bonchev–Trinajstić information content (AvgIpc) is 3.22. The molecule has 334 valence electrons. The van der Waals surface area contributed by atoms with Crippen LogP contribution in [-0.2, 0) is 4.79 Å². The Hall–Kier alpha value is -1.65. The van der Waals surface area contributed by atoms with Crippen molar-refractivity contribution in [1.29, 1.82) is 0 Å². The summed E-state index contributed by atoms with van der Waals surface area (Å²) in [7, 11) is 0. The molecule has 2 unspecified atom stereocenters. The molecule has 0 spiro atoms. The number of amides is 1. The van der Waals surface area contributed by atoms with Crippen LogP contribution in [0.2, 0.25) is 0 Å². The van der Waals surface area contributed by atoms with Gasteiger partial charge in [0.25, 0.3) is 0 Å². The molecule has 0 aliphatic rings. The molecule has 0 bridgehead atoms. The van der Waals surface area contributed by atoms with Gasteiger partial charge in [0, 0.05) is 6.42 Å². The molecule has 0 rings (SSSR count). The lowest BCUT2D eigenvalue weighted by atomic mass is 10.0. The molecule has 0 aliphatic heterocycles. The van der Waals surface area contributed by atoms with E-state index in [9.17, 15) is 15.0 Å². The molecular weight excluding hydrogens is 699 g/mol. The topological polar surface area (TPSA) is 69.6 Å². The molecule has 0 saturated heterocycles. The van der Waals surface area contributed by atoms with Crippen LogP contribution in [-0.4, -0.2) is 34.9 Å². The van der Waals surface area contributed by atoms with Crippen molar-refractivity contribution >= 4 is 5.91 Å². The molecule has 0 aromatic heterocycles. The molecular formula is C53H99NO3. The summed E-state index contributed by atoms with van der Waals surface area (Å²) < 4.78 is 0. The van der Waals surface area contributed by atoms with Gasteiger partial charge in [-0.25, -0.2) is 0 Å². The van der Waals surface area contributed by atoms with Gasteiger partial charge in [-0.15, -0.1) is 0 Å². The number of aliphatic hydroxyl groups is 2. The van der Waals surface area contributed by atoms with E-state index in [1.165, 1.54) is 205 Å². The zero-order valence-electron chi connectivity index (χ0n) is 38.4. The number of unbranched alkanes of at least 4 members (excludes halogenated alkanes) is 33. The molecule has 0 aromatic rings. The van der Waals surface area contributed by atoms with Gasteiger partial charge < -0.3 is 15.5 Å². The Morgan fingerprint density at radius 2 is 0.719 bits per heavy atom. The van der Waals surface area contributed by atoms with Gasteiger partial charge in [0.05, 0.1) is 18.8 Å². The molecule has 0 radical (unpaired) electrons. The van der Waals surface area contributed by atoms with Gasteiger partial charge in [0.1, 0.15) is 0 Å². The van der Waals surface area contributed by atoms with Gasteiger partial charge in [0.2, 0.25) is 5.91 Å². The largest absolute Gasteiger partial charge is 0.394 e. The van der Waals surface area contributed by atoms with E-state index in [0.717, 1.165) is 38.5 Å². The Labute approximate surface area is 356 Å². The van der Waals surface area contributed by atoms with Crippen molar-refractivity contribution in [3.8, 4) is 0 Å². The van der Waals surface area contributed by atoms with Crippen LogP contribution in [0.3, 0.4) is 0 Å². The Kier molecular flexibility index (Phi) is 47.3. The second kappa shape index (κ2) is 48.7. The minimum Gasteiger partial charge on any atom is -0.394 e. The second-order valence-electron chi connectivity index (χ2n) is 17.2. The first-order valence-electron chi connectivity index (χ1n) is 25.4. The Morgan fingerprint density at radius 3 is 1.07 bits per heavy atom. The molecule has 0 aliphatic carbocycles. The van der Waals surface area contributed by atoms with Crippen LogP contribution >= 0.6 is 0 Å². The fraction of sp³-hybridized carbons (Fsp3) is 0.830. The normalized spacial score (nSPS) is 13.3. The number of rotatable bonds is 46. The summed E-state index contributed by atoms with van der Waals surface area (Å²) >= 11 is 0. The maximum absolute atomic E-state index is 12.4. The number of carbonyl (C=O) groups excluding carboxylic acids is 1. The monoisotopic (exact) mass is 798 g/mol. The first-order chi connectivity index (χ1) is 28.2. The van der Waals surface area contributed by atoms with Gasteiger partial charge in [-0.1, -0.05) is 249 Å². The lowest BCUT2D eigenvalue weighted by Gasteiger charge is -2.20. The van der Waals surface area contributed by atoms with Gasteiger partial charge in [-0.05, 0) is 57.8 Å². The van der Waals surface area contributed by atoms with E-state index >= 15 is 0 Å². The number of allylic oxidation sites excluding steroid dienone is 7. The van der Waals surface area contributed by atoms with Crippen molar-refractivity contribution in [2.75, 3.05) is 6.61 Å². The van der Waals surface area contributed by atoms with Crippen molar-refractivity contribution < 1.29 is 15.0 Å². The van der Waals surface area contributed by atoms with Crippen LogP contribution in [0.1, 0.15) is 264 Å². The highest BCUT2D eigenvalue weighted by Gasteiger charge is 2.18. The zero-order chi connectivity index (χ0) is 41.4. The van der Waals surface area contributed by atoms with Crippen LogP contribution in [0.5, 0.6) is 0 Å². The van der Waals surface area contributed by atoms with Gasteiger partial charge in [0.15, 0.2) is 0 Å². The smallest absolute Gasteiger partial charge is 0.220 e. The summed E-state index contributed by atoms with van der Waals surface area (Å²) in [6.45, 7) is 4.31. The number of nitrogens with one attached hydrogen (secondary N) is 1. The number of hydrogen-bond acceptors (Lipinski definition) is 3. The molecule has 4 nitrogen and oxygen atoms in total. The third-order valence-corrected chi connectivity index (χ3v) is 11.6. The van der Waals surface area contributed by atoms with E-state index in [2.05, 4.69) is 55.6 Å². The van der Waals surface area contributed by atoms with E-state index < -0.39 is 12.1 Å². The van der Waals surface area contributed by atoms with Crippen LogP contribution in [0.15, 0.2) is 48.6 Å². The highest BCUT2D eigenvalue weighted by molar-refractivity contribution is 5.76. The molecule has 57 heavy (non-hydrogen) atoms. The van der Waals surface area contributed by atoms with Crippen molar-refractivity contribution in [3.05, 3.63) is 48.6 Å². The van der Waals surface area contributed by atoms with E-state index in [-0.39, 0.29) is 12.5 Å². The summed E-state index contributed by atoms with van der Waals surface area (Å²) in [5, 5.41) is 23.1. The molecule has 0 saturated carbocycles. The molecule has 0 fully saturated rings. The predicted octanol–water partition coefficient (Wildman–Crippen LogP) is 16.3. The Bertz CT molecular complexity index is 908. The van der Waals surface area contributed by atoms with E-state index in [1.807, 2.05) is 6.08 Å². The standard InChI is InChI=1S/C53H99NO3/c1-3-5-7-9-11-13-15-17-19-21-23-25-26-27-28-29-31-33-35-37-39-41-43-45-47-49-53(57)54-51(50-55)52(56)48-46-44-42-40-38-36-34-32-30-24-22-20-18-16-14-12-10-8-6-4-2/h15,17,21,23,26-27,46,48,51-52,55-56H,3-14,16,18-20,22,24-25,28-45,47,49-50H2,1-2H3,(H,54,57)/b17-15-,23-21-,27-26-,48-46+. The third kappa shape index (κ3) is 45.3. The van der Waals surface area contributed by atoms with E-state index in [0.29, 0.717) is 6.42 Å². The molecule has 1 amide bonds. The summed E-state index contributed by atoms with van der Waals surface area (Å²) in [6, 6.07) is -0.626. The van der Waals surface area contributed by atoms with Crippen LogP contribution in [0, 0.1) is 0 Å². The van der Waals surface area contributed by atoms with Crippen LogP contribution in [0.4, 0.5) is 0 Å². The highest BCUT2D eigenvalue weighted by Crippen LogP contribution is 2.16. The number of hydrogen-bond donors (Lipinski definition) is 3. The molecule has 4 heteroatoms. The van der Waals surface area contributed by atoms with Crippen molar-refractivity contribution in [1.82, 2.24) is 5.32 Å². The molecule has 2 atom stereocenters. The highest BCUT2D eigenvalue weighted by atomic mass is 16.3. The molecule has 0 aromatic carbocycles. The van der Waals surface area contributed by atoms with E-state index in [1.54, 1.807) is 6.08 Å². The summed E-state index contributed by atoms with van der Waals surface area (Å²) in [5.41, 5.74) is 0. The first kappa shape index (κ1) is 55.4. The lowest BCUT2D eigenvalue weighted by molar-refractivity contribution is -0.123. The van der Waals surface area contributed by atoms with Crippen molar-refractivity contribution in [2.24, 2.45) is 0 Å². The number of aliphatic hydroxyl groups excluding tert-OH is 2. The Balaban J connectivity index is 3.55. The minimum atomic E-state index is -0.842. The zero-order valence-corrected chi connectivity index (χ0v) is 38.4. The minimum absolute atomic E-state index is 0.0668. The summed E-state index contributed by atoms with van der Waals surface area (Å²) in [6.07, 6.45) is 66.7. The predicted molar refractivity (Wildman–Crippen MR) is 253 cm³/mol. The van der Waals surface area contributed by atoms with Crippen molar-refractivity contribution in [2.45, 2.75) is 276 Å². The van der Waals surface area contributed by atoms with Crippen LogP contribution < -0.4 is 5.32 Å². The van der Waals surface area contributed by atoms with Crippen molar-refractivity contribution in [3.63, 3.8) is 0 Å². The third-order valence-electron chi connectivity index (χ3n) is 11.6. The summed E-state index contributed by atoms with van der Waals surface area (Å²) in [4.78, 5) is 12.4. The summed E-state index contributed by atoms with van der Waals surface area (Å²) in [5.74, 6) is -0.0668. The fourth-order valence-corrected chi connectivity index (χ4v) is 7.66. The first-order valence-corrected chi connectivity index (χ1v) is 25.4. The molecule has 3 N–H and O–H groups in total. The van der Waals surface area contributed by atoms with Gasteiger partial charge in [-0.2, -0.15) is 0 Å². The second-order valence-corrected chi connectivity index (χ2v) is 17.2. The van der Waals surface area contributed by atoms with E-state index in [4.69, 9.17) is 0 Å².